The van der Waals surface area contributed by atoms with Crippen molar-refractivity contribution >= 4 is 46.4 Å². The lowest BCUT2D eigenvalue weighted by atomic mass is 9.85. The number of ether oxygens (including phenoxy) is 3. The van der Waals surface area contributed by atoms with Crippen LogP contribution in [0.15, 0.2) is 49.3 Å². The predicted octanol–water partition coefficient (Wildman–Crippen LogP) is 4.52. The highest BCUT2D eigenvalue weighted by Gasteiger charge is 2.61. The molecule has 276 valence electrons. The van der Waals surface area contributed by atoms with Crippen molar-refractivity contribution in [3.8, 4) is 17.3 Å². The molecule has 0 radical (unpaired) electrons. The lowest BCUT2D eigenvalue weighted by Gasteiger charge is -2.35. The van der Waals surface area contributed by atoms with Crippen molar-refractivity contribution in [3.63, 3.8) is 0 Å². The number of nitrogens with one attached hydrogen (secondary N) is 2. The van der Waals surface area contributed by atoms with Crippen LogP contribution in [-0.2, 0) is 19.1 Å². The lowest BCUT2D eigenvalue weighted by molar-refractivity contribution is -0.146. The van der Waals surface area contributed by atoms with Crippen LogP contribution in [0.25, 0.3) is 16.7 Å². The number of fused-ring (bicyclic) bond motifs is 2. The summed E-state index contributed by atoms with van der Waals surface area (Å²) in [7, 11) is 1.50. The molecule has 3 saturated carbocycles. The van der Waals surface area contributed by atoms with Crippen molar-refractivity contribution in [2.75, 3.05) is 13.7 Å². The van der Waals surface area contributed by atoms with Gasteiger partial charge >= 0.3 is 12.1 Å². The Bertz CT molecular complexity index is 1920. The number of aliphatic carboxylic acids is 1. The van der Waals surface area contributed by atoms with E-state index in [4.69, 9.17) is 30.8 Å². The molecule has 3 aromatic rings. The Morgan fingerprint density at radius 3 is 2.48 bits per heavy atom. The van der Waals surface area contributed by atoms with Crippen LogP contribution in [0.3, 0.4) is 0 Å². The minimum absolute atomic E-state index is 0.0307. The normalized spacial score (nSPS) is 28.1. The highest BCUT2D eigenvalue weighted by molar-refractivity contribution is 6.36. The van der Waals surface area contributed by atoms with E-state index < -0.39 is 58.9 Å². The Morgan fingerprint density at radius 2 is 1.87 bits per heavy atom. The molecule has 3 aliphatic carbocycles. The maximum absolute atomic E-state index is 14.5. The average Bonchev–Trinajstić information content (AvgIpc) is 3.71. The van der Waals surface area contributed by atoms with Gasteiger partial charge in [0.1, 0.15) is 46.4 Å². The number of amides is 3. The number of halogens is 1. The van der Waals surface area contributed by atoms with Crippen molar-refractivity contribution < 1.29 is 38.5 Å². The van der Waals surface area contributed by atoms with Crippen LogP contribution in [0.2, 0.25) is 5.02 Å². The number of methoxy groups -OCH3 is 1. The Morgan fingerprint density at radius 1 is 1.12 bits per heavy atom. The van der Waals surface area contributed by atoms with Gasteiger partial charge in [-0.2, -0.15) is 5.10 Å². The van der Waals surface area contributed by atoms with E-state index in [1.54, 1.807) is 41.3 Å². The van der Waals surface area contributed by atoms with E-state index in [1.165, 1.54) is 24.5 Å². The van der Waals surface area contributed by atoms with Crippen LogP contribution >= 0.6 is 11.6 Å². The van der Waals surface area contributed by atoms with E-state index in [9.17, 15) is 24.3 Å². The summed E-state index contributed by atoms with van der Waals surface area (Å²) in [5.41, 5.74) is -1.90. The first-order valence-corrected chi connectivity index (χ1v) is 17.9. The summed E-state index contributed by atoms with van der Waals surface area (Å²) in [5, 5.41) is 20.7. The molecular formula is C37H43ClN6O8. The van der Waals surface area contributed by atoms with Crippen molar-refractivity contribution in [1.29, 1.82) is 0 Å². The zero-order chi connectivity index (χ0) is 37.1. The summed E-state index contributed by atoms with van der Waals surface area (Å²) < 4.78 is 19.3. The van der Waals surface area contributed by atoms with Crippen LogP contribution in [0.1, 0.15) is 52.9 Å². The molecule has 1 aliphatic heterocycles. The first kappa shape index (κ1) is 35.5. The van der Waals surface area contributed by atoms with Crippen molar-refractivity contribution in [2.45, 2.75) is 82.7 Å². The molecule has 0 unspecified atom stereocenters. The fraction of sp³-hybridized carbons (Fsp3) is 0.514. The van der Waals surface area contributed by atoms with E-state index in [0.29, 0.717) is 40.1 Å². The van der Waals surface area contributed by atoms with Crippen LogP contribution in [0.4, 0.5) is 4.79 Å². The number of aromatic nitrogens is 3. The number of hydrogen-bond donors (Lipinski definition) is 3. The number of pyridine rings is 1. The van der Waals surface area contributed by atoms with Crippen molar-refractivity contribution in [1.82, 2.24) is 30.3 Å². The van der Waals surface area contributed by atoms with E-state index in [0.717, 1.165) is 12.8 Å². The molecule has 3 heterocycles. The number of rotatable bonds is 11. The molecule has 8 atom stereocenters. The van der Waals surface area contributed by atoms with Crippen LogP contribution in [0.5, 0.6) is 11.5 Å². The van der Waals surface area contributed by atoms with E-state index in [1.807, 2.05) is 20.8 Å². The molecule has 3 amide bonds. The zero-order valence-corrected chi connectivity index (χ0v) is 30.3. The lowest BCUT2D eigenvalue weighted by Crippen LogP contribution is -2.59. The Labute approximate surface area is 305 Å². The second kappa shape index (κ2) is 13.3. The van der Waals surface area contributed by atoms with Gasteiger partial charge in [0.15, 0.2) is 5.82 Å². The zero-order valence-electron chi connectivity index (χ0n) is 29.5. The van der Waals surface area contributed by atoms with Gasteiger partial charge in [-0.05, 0) is 61.1 Å². The number of nitrogens with zero attached hydrogens (tertiary/aromatic N) is 4. The van der Waals surface area contributed by atoms with E-state index in [2.05, 4.69) is 22.3 Å². The summed E-state index contributed by atoms with van der Waals surface area (Å²) in [4.78, 5) is 60.2. The first-order valence-electron chi connectivity index (χ1n) is 17.5. The Hall–Kier alpha value is -4.85. The van der Waals surface area contributed by atoms with E-state index in [-0.39, 0.29) is 30.5 Å². The van der Waals surface area contributed by atoms with E-state index >= 15 is 0 Å². The number of hydrogen-bond acceptors (Lipinski definition) is 9. The number of benzene rings is 1. The van der Waals surface area contributed by atoms with Gasteiger partial charge in [-0.15, -0.1) is 6.58 Å². The number of carbonyl (C=O) groups excluding carboxylic acids is 3. The maximum atomic E-state index is 14.5. The molecule has 14 nitrogen and oxygen atoms in total. The largest absolute Gasteiger partial charge is 0.495 e. The quantitative estimate of drug-likeness (QED) is 0.238. The molecule has 3 N–H and O–H groups in total. The number of alkyl carbamates (subject to hydrolysis) is 1. The fourth-order valence-electron chi connectivity index (χ4n) is 7.72. The third kappa shape index (κ3) is 6.64. The molecule has 15 heteroatoms. The predicted molar refractivity (Wildman–Crippen MR) is 189 cm³/mol. The SMILES string of the molecule is C=C[C@@H]1C[C@]1(NC(=O)[C@@H]1C[C@@H](Oc2cc(-n3cccn3)nc3c(Cl)c(OC)ccc23)CN1C(=O)[C@@H](NC(=O)O[C@@H]1C[C@@H]2C[C@@H]2C1)C(C)(C)C)C(=O)O. The van der Waals surface area contributed by atoms with Gasteiger partial charge in [0.05, 0.1) is 19.2 Å². The molecule has 52 heavy (non-hydrogen) atoms. The number of likely N-dealkylation sites (tertiary alicyclic amines) is 1. The van der Waals surface area contributed by atoms with Gasteiger partial charge in [-0.3, -0.25) is 9.59 Å². The van der Waals surface area contributed by atoms with Gasteiger partial charge in [-0.1, -0.05) is 38.4 Å². The molecule has 4 fully saturated rings. The molecule has 7 rings (SSSR count). The first-order chi connectivity index (χ1) is 24.7. The third-order valence-corrected chi connectivity index (χ3v) is 11.2. The smallest absolute Gasteiger partial charge is 0.408 e. The Kier molecular flexibility index (Phi) is 9.08. The molecular weight excluding hydrogens is 692 g/mol. The summed E-state index contributed by atoms with van der Waals surface area (Å²) >= 11 is 6.71. The van der Waals surface area contributed by atoms with Gasteiger partial charge < -0.3 is 34.9 Å². The maximum Gasteiger partial charge on any atom is 0.408 e. The van der Waals surface area contributed by atoms with Gasteiger partial charge in [0, 0.05) is 36.2 Å². The number of carboxylic acids is 1. The number of carbonyl (C=O) groups is 4. The molecule has 1 aromatic carbocycles. The Balaban J connectivity index is 1.19. The third-order valence-electron chi connectivity index (χ3n) is 10.8. The highest BCUT2D eigenvalue weighted by atomic mass is 35.5. The van der Waals surface area contributed by atoms with Crippen LogP contribution < -0.4 is 20.1 Å². The summed E-state index contributed by atoms with van der Waals surface area (Å²) in [6.07, 6.45) is 6.24. The minimum Gasteiger partial charge on any atom is -0.495 e. The summed E-state index contributed by atoms with van der Waals surface area (Å²) in [6, 6.07) is 4.70. The van der Waals surface area contributed by atoms with Crippen molar-refractivity contribution in [3.05, 3.63) is 54.3 Å². The number of carboxylic acid groups (broad SMARTS) is 1. The summed E-state index contributed by atoms with van der Waals surface area (Å²) in [6.45, 7) is 9.12. The summed E-state index contributed by atoms with van der Waals surface area (Å²) in [5.74, 6) is -0.406. The van der Waals surface area contributed by atoms with Gasteiger partial charge in [0.25, 0.3) is 0 Å². The topological polar surface area (TPSA) is 174 Å². The van der Waals surface area contributed by atoms with Gasteiger partial charge in [0.2, 0.25) is 11.8 Å². The molecule has 1 saturated heterocycles. The highest BCUT2D eigenvalue weighted by Crippen LogP contribution is 2.52. The minimum atomic E-state index is -1.52. The average molecular weight is 735 g/mol. The second-order valence-electron chi connectivity index (χ2n) is 15.4. The van der Waals surface area contributed by atoms with Crippen molar-refractivity contribution in [2.24, 2.45) is 23.2 Å². The second-order valence-corrected chi connectivity index (χ2v) is 15.8. The standard InChI is InChI=1S/C37H43ClN6O8/c1-6-21-17-37(21,34(47)48)42-32(45)25-15-23(18-43(25)33(46)31(36(2,3)4)41-35(49)52-22-13-19-12-20(19)14-22)51-27-16-28(44-11-7-10-39-44)40-30-24(27)8-9-26(50-5)29(30)38/h6-11,16,19-23,25,31H,1,12-15,17-18H2,2-5H3,(H,41,49)(H,42,45)(H,47,48)/t19-,20+,21-,22+,23-,25+,31-,37-/m1/s1. The fourth-order valence-corrected chi connectivity index (χ4v) is 8.00. The van der Waals surface area contributed by atoms with Gasteiger partial charge in [-0.25, -0.2) is 19.3 Å². The molecule has 0 bridgehead atoms. The van der Waals surface area contributed by atoms with Crippen LogP contribution in [0, 0.1) is 23.2 Å². The van der Waals surface area contributed by atoms with Crippen LogP contribution in [-0.4, -0.2) is 92.1 Å². The monoisotopic (exact) mass is 734 g/mol. The molecule has 4 aliphatic rings. The molecule has 2 aromatic heterocycles. The molecule has 0 spiro atoms.